The van der Waals surface area contributed by atoms with Crippen molar-refractivity contribution in [1.29, 1.82) is 0 Å². The summed E-state index contributed by atoms with van der Waals surface area (Å²) in [4.78, 5) is 31.7. The van der Waals surface area contributed by atoms with Crippen molar-refractivity contribution < 1.29 is 18.0 Å². The maximum absolute atomic E-state index is 12.9. The van der Waals surface area contributed by atoms with E-state index in [1.165, 1.54) is 21.7 Å². The van der Waals surface area contributed by atoms with Crippen LogP contribution in [0.4, 0.5) is 0 Å². The first-order valence-corrected chi connectivity index (χ1v) is 9.63. The lowest BCUT2D eigenvalue weighted by molar-refractivity contribution is -0.145. The van der Waals surface area contributed by atoms with Crippen LogP contribution in [0.3, 0.4) is 0 Å². The number of rotatable bonds is 4. The molecule has 3 saturated heterocycles. The highest BCUT2D eigenvalue weighted by atomic mass is 32.2. The minimum Gasteiger partial charge on any atom is -0.347 e. The SMILES string of the molecule is CN(C)C(=O)CN1C(=O)[C@H]2CC[C@@H]1CN(S(=O)(=O)c1cn(C)cn1)C2. The third kappa shape index (κ3) is 3.28. The second-order valence-corrected chi connectivity index (χ2v) is 8.77. The summed E-state index contributed by atoms with van der Waals surface area (Å²) in [6.07, 6.45) is 4.24. The fourth-order valence-electron chi connectivity index (χ4n) is 3.35. The molecule has 4 rings (SSSR count). The molecule has 3 aliphatic rings. The number of fused-ring (bicyclic) bond motifs is 4. The Morgan fingerprint density at radius 2 is 2.04 bits per heavy atom. The number of piperidine rings is 1. The van der Waals surface area contributed by atoms with Gasteiger partial charge in [0.05, 0.1) is 12.2 Å². The van der Waals surface area contributed by atoms with Gasteiger partial charge in [0.2, 0.25) is 11.8 Å². The van der Waals surface area contributed by atoms with Crippen molar-refractivity contribution in [1.82, 2.24) is 23.7 Å². The molecule has 0 saturated carbocycles. The summed E-state index contributed by atoms with van der Waals surface area (Å²) in [5, 5.41) is -0.0142. The van der Waals surface area contributed by atoms with Crippen LogP contribution in [0, 0.1) is 5.92 Å². The van der Waals surface area contributed by atoms with Crippen LogP contribution in [0.1, 0.15) is 12.8 Å². The molecule has 2 amide bonds. The van der Waals surface area contributed by atoms with Crippen molar-refractivity contribution in [3.05, 3.63) is 12.5 Å². The Morgan fingerprint density at radius 1 is 1.32 bits per heavy atom. The minimum absolute atomic E-state index is 0.00945. The van der Waals surface area contributed by atoms with Crippen molar-refractivity contribution in [2.75, 3.05) is 33.7 Å². The number of hydrogen-bond donors (Lipinski definition) is 0. The van der Waals surface area contributed by atoms with Gasteiger partial charge >= 0.3 is 0 Å². The van der Waals surface area contributed by atoms with Gasteiger partial charge < -0.3 is 14.4 Å². The Kier molecular flexibility index (Phi) is 4.58. The van der Waals surface area contributed by atoms with E-state index in [2.05, 4.69) is 4.98 Å². The molecule has 138 valence electrons. The van der Waals surface area contributed by atoms with E-state index < -0.39 is 15.9 Å². The fraction of sp³-hybridized carbons (Fsp3) is 0.667. The number of carbonyl (C=O) groups excluding carboxylic acids is 2. The van der Waals surface area contributed by atoms with Gasteiger partial charge in [-0.15, -0.1) is 0 Å². The molecule has 0 unspecified atom stereocenters. The van der Waals surface area contributed by atoms with Gasteiger partial charge in [0.1, 0.15) is 6.54 Å². The molecular formula is C15H23N5O4S. The molecule has 0 aromatic carbocycles. The average molecular weight is 369 g/mol. The summed E-state index contributed by atoms with van der Waals surface area (Å²) < 4.78 is 28.6. The highest BCUT2D eigenvalue weighted by Crippen LogP contribution is 2.31. The van der Waals surface area contributed by atoms with Crippen LogP contribution in [0.15, 0.2) is 17.6 Å². The predicted octanol–water partition coefficient (Wildman–Crippen LogP) is -0.880. The Hall–Kier alpha value is -1.94. The predicted molar refractivity (Wildman–Crippen MR) is 88.9 cm³/mol. The van der Waals surface area contributed by atoms with Crippen LogP contribution in [-0.2, 0) is 26.7 Å². The van der Waals surface area contributed by atoms with Crippen molar-refractivity contribution in [2.24, 2.45) is 13.0 Å². The molecule has 1 aromatic rings. The van der Waals surface area contributed by atoms with E-state index in [1.54, 1.807) is 30.6 Å². The van der Waals surface area contributed by atoms with E-state index in [1.807, 2.05) is 0 Å². The highest BCUT2D eigenvalue weighted by Gasteiger charge is 2.45. The summed E-state index contributed by atoms with van der Waals surface area (Å²) in [5.41, 5.74) is 0. The topological polar surface area (TPSA) is 95.8 Å². The number of likely N-dealkylation sites (N-methyl/N-ethyl adjacent to an activating group) is 1. The van der Waals surface area contributed by atoms with Gasteiger partial charge in [-0.2, -0.15) is 4.31 Å². The van der Waals surface area contributed by atoms with E-state index >= 15 is 0 Å². The third-order valence-corrected chi connectivity index (χ3v) is 6.57. The molecule has 25 heavy (non-hydrogen) atoms. The zero-order valence-electron chi connectivity index (χ0n) is 14.6. The van der Waals surface area contributed by atoms with E-state index in [-0.39, 0.29) is 42.5 Å². The van der Waals surface area contributed by atoms with Crippen molar-refractivity contribution >= 4 is 21.8 Å². The third-order valence-electron chi connectivity index (χ3n) is 4.85. The Labute approximate surface area is 147 Å². The maximum atomic E-state index is 12.9. The maximum Gasteiger partial charge on any atom is 0.262 e. The lowest BCUT2D eigenvalue weighted by Crippen LogP contribution is -2.51. The zero-order valence-corrected chi connectivity index (χ0v) is 15.4. The Morgan fingerprint density at radius 3 is 2.64 bits per heavy atom. The number of aromatic nitrogens is 2. The lowest BCUT2D eigenvalue weighted by atomic mass is 9.94. The van der Waals surface area contributed by atoms with Gasteiger partial charge in [0.15, 0.2) is 5.03 Å². The van der Waals surface area contributed by atoms with Crippen LogP contribution in [0.2, 0.25) is 0 Å². The first-order chi connectivity index (χ1) is 11.7. The van der Waals surface area contributed by atoms with Crippen LogP contribution >= 0.6 is 0 Å². The van der Waals surface area contributed by atoms with Crippen molar-refractivity contribution in [3.8, 4) is 0 Å². The minimum atomic E-state index is -3.75. The lowest BCUT2D eigenvalue weighted by Gasteiger charge is -2.35. The molecule has 0 spiro atoms. The van der Waals surface area contributed by atoms with Crippen molar-refractivity contribution in [3.63, 3.8) is 0 Å². The molecule has 2 bridgehead atoms. The molecule has 1 aromatic heterocycles. The summed E-state index contributed by atoms with van der Waals surface area (Å²) in [7, 11) is 1.23. The number of sulfonamides is 1. The Bertz CT molecular complexity index is 788. The fourth-order valence-corrected chi connectivity index (χ4v) is 4.84. The smallest absolute Gasteiger partial charge is 0.262 e. The van der Waals surface area contributed by atoms with Crippen LogP contribution in [-0.4, -0.2) is 83.7 Å². The van der Waals surface area contributed by atoms with E-state index in [0.717, 1.165) is 0 Å². The summed E-state index contributed by atoms with van der Waals surface area (Å²) in [6, 6.07) is -0.284. The molecule has 0 radical (unpaired) electrons. The van der Waals surface area contributed by atoms with E-state index in [0.29, 0.717) is 12.8 Å². The highest BCUT2D eigenvalue weighted by molar-refractivity contribution is 7.89. The Balaban J connectivity index is 1.86. The summed E-state index contributed by atoms with van der Waals surface area (Å²) in [6.45, 7) is 0.327. The largest absolute Gasteiger partial charge is 0.347 e. The van der Waals surface area contributed by atoms with Crippen LogP contribution in [0.5, 0.6) is 0 Å². The summed E-state index contributed by atoms with van der Waals surface area (Å²) >= 11 is 0. The van der Waals surface area contributed by atoms with Gasteiger partial charge in [-0.05, 0) is 12.8 Å². The van der Waals surface area contributed by atoms with E-state index in [4.69, 9.17) is 0 Å². The van der Waals surface area contributed by atoms with Gasteiger partial charge in [-0.1, -0.05) is 0 Å². The molecule has 0 N–H and O–H groups in total. The number of carbonyl (C=O) groups is 2. The standard InChI is InChI=1S/C15H23N5O4S/c1-17(2)14(21)9-20-12-5-4-11(15(20)22)6-19(7-12)25(23,24)13-8-18(3)10-16-13/h8,10-12H,4-7,9H2,1-3H3/t11-,12+/m0/s1. The number of aryl methyl sites for hydroxylation is 1. The van der Waals surface area contributed by atoms with Gasteiger partial charge in [0.25, 0.3) is 10.0 Å². The number of imidazole rings is 1. The number of hydrogen-bond acceptors (Lipinski definition) is 5. The molecule has 3 aliphatic heterocycles. The van der Waals surface area contributed by atoms with Crippen LogP contribution in [0.25, 0.3) is 0 Å². The molecule has 0 aliphatic carbocycles. The van der Waals surface area contributed by atoms with Gasteiger partial charge in [-0.25, -0.2) is 13.4 Å². The molecule has 3 fully saturated rings. The van der Waals surface area contributed by atoms with Gasteiger partial charge in [0, 0.05) is 46.5 Å². The molecule has 9 nitrogen and oxygen atoms in total. The first-order valence-electron chi connectivity index (χ1n) is 8.19. The second-order valence-electron chi connectivity index (χ2n) is 6.88. The summed E-state index contributed by atoms with van der Waals surface area (Å²) in [5.74, 6) is -0.711. The molecule has 2 atom stereocenters. The number of amides is 2. The number of nitrogens with zero attached hydrogens (tertiary/aromatic N) is 5. The van der Waals surface area contributed by atoms with E-state index in [9.17, 15) is 18.0 Å². The average Bonchev–Trinajstić information content (AvgIpc) is 2.80. The normalized spacial score (nSPS) is 24.4. The molecule has 4 heterocycles. The first kappa shape index (κ1) is 17.9. The quantitative estimate of drug-likeness (QED) is 0.687. The monoisotopic (exact) mass is 369 g/mol. The molecule has 10 heteroatoms. The van der Waals surface area contributed by atoms with Gasteiger partial charge in [-0.3, -0.25) is 9.59 Å². The van der Waals surface area contributed by atoms with Crippen LogP contribution < -0.4 is 0 Å². The zero-order chi connectivity index (χ0) is 18.4. The van der Waals surface area contributed by atoms with Crippen molar-refractivity contribution in [2.45, 2.75) is 23.9 Å². The molecular weight excluding hydrogens is 346 g/mol. The second kappa shape index (κ2) is 6.41.